The molecule has 26 heavy (non-hydrogen) atoms. The molecule has 0 unspecified atom stereocenters. The fourth-order valence-corrected chi connectivity index (χ4v) is 4.02. The van der Waals surface area contributed by atoms with E-state index >= 15 is 0 Å². The van der Waals surface area contributed by atoms with Gasteiger partial charge in [-0.2, -0.15) is 4.31 Å². The molecule has 9 heteroatoms. The summed E-state index contributed by atoms with van der Waals surface area (Å²) in [4.78, 5) is 16.4. The first kappa shape index (κ1) is 18.3. The number of aromatic hydroxyl groups is 1. The number of aryl methyl sites for hydroxylation is 1. The van der Waals surface area contributed by atoms with Crippen molar-refractivity contribution in [2.24, 2.45) is 0 Å². The van der Waals surface area contributed by atoms with Crippen LogP contribution in [0.3, 0.4) is 0 Å². The van der Waals surface area contributed by atoms with E-state index in [1.54, 1.807) is 18.3 Å². The van der Waals surface area contributed by atoms with Crippen molar-refractivity contribution in [2.75, 3.05) is 31.6 Å². The van der Waals surface area contributed by atoms with Crippen LogP contribution in [-0.2, 0) is 14.8 Å². The Morgan fingerprint density at radius 3 is 2.65 bits per heavy atom. The number of rotatable bonds is 4. The smallest absolute Gasteiger partial charge is 0.260 e. The van der Waals surface area contributed by atoms with Gasteiger partial charge in [0.15, 0.2) is 0 Å². The standard InChI is InChI=1S/C17H19N3O5S/c1-12-4-5-18-16(10-12)19-17(22)14-11-13(2-3-15(14)21)26(23,24)20-6-8-25-9-7-20/h2-5,10-11,21H,6-9H2,1H3,(H,18,19,22). The normalized spacial score (nSPS) is 15.6. The molecule has 1 aromatic heterocycles. The van der Waals surface area contributed by atoms with Crippen LogP contribution in [0.1, 0.15) is 15.9 Å². The number of sulfonamides is 1. The SMILES string of the molecule is Cc1ccnc(NC(=O)c2cc(S(=O)(=O)N3CCOCC3)ccc2O)c1. The van der Waals surface area contributed by atoms with Gasteiger partial charge in [0.2, 0.25) is 10.0 Å². The molecule has 3 rings (SSSR count). The van der Waals surface area contributed by atoms with Crippen LogP contribution in [0.4, 0.5) is 5.82 Å². The Hall–Kier alpha value is -2.49. The molecule has 1 amide bonds. The van der Waals surface area contributed by atoms with Gasteiger partial charge in [0.25, 0.3) is 5.91 Å². The first-order chi connectivity index (χ1) is 12.4. The number of hydrogen-bond acceptors (Lipinski definition) is 6. The van der Waals surface area contributed by atoms with E-state index in [2.05, 4.69) is 10.3 Å². The summed E-state index contributed by atoms with van der Waals surface area (Å²) in [5, 5.41) is 12.6. The minimum absolute atomic E-state index is 0.0560. The quantitative estimate of drug-likeness (QED) is 0.833. The van der Waals surface area contributed by atoms with Crippen LogP contribution in [-0.4, -0.2) is 55.0 Å². The number of nitrogens with zero attached hydrogens (tertiary/aromatic N) is 2. The molecule has 1 fully saturated rings. The summed E-state index contributed by atoms with van der Waals surface area (Å²) in [5.41, 5.74) is 0.769. The number of phenols is 1. The number of hydrogen-bond donors (Lipinski definition) is 2. The molecule has 0 saturated carbocycles. The topological polar surface area (TPSA) is 109 Å². The maximum Gasteiger partial charge on any atom is 0.260 e. The van der Waals surface area contributed by atoms with Crippen LogP contribution >= 0.6 is 0 Å². The maximum atomic E-state index is 12.7. The van der Waals surface area contributed by atoms with Crippen molar-refractivity contribution in [3.8, 4) is 5.75 Å². The van der Waals surface area contributed by atoms with Gasteiger partial charge in [-0.3, -0.25) is 4.79 Å². The van der Waals surface area contributed by atoms with Gasteiger partial charge in [-0.05, 0) is 42.8 Å². The Kier molecular flexibility index (Phi) is 5.21. The number of benzene rings is 1. The van der Waals surface area contributed by atoms with Gasteiger partial charge < -0.3 is 15.2 Å². The van der Waals surface area contributed by atoms with Crippen molar-refractivity contribution in [3.63, 3.8) is 0 Å². The van der Waals surface area contributed by atoms with Gasteiger partial charge in [-0.1, -0.05) is 0 Å². The lowest BCUT2D eigenvalue weighted by Gasteiger charge is -2.26. The summed E-state index contributed by atoms with van der Waals surface area (Å²) in [6.45, 7) is 2.99. The zero-order valence-corrected chi connectivity index (χ0v) is 15.0. The number of morpholine rings is 1. The highest BCUT2D eigenvalue weighted by molar-refractivity contribution is 7.89. The minimum Gasteiger partial charge on any atom is -0.507 e. The number of phenolic OH excluding ortho intramolecular Hbond substituents is 1. The van der Waals surface area contributed by atoms with Gasteiger partial charge in [0.05, 0.1) is 23.7 Å². The zero-order valence-electron chi connectivity index (χ0n) is 14.2. The van der Waals surface area contributed by atoms with Crippen molar-refractivity contribution in [1.82, 2.24) is 9.29 Å². The van der Waals surface area contributed by atoms with Crippen molar-refractivity contribution in [2.45, 2.75) is 11.8 Å². The molecular formula is C17H19N3O5S. The highest BCUT2D eigenvalue weighted by Crippen LogP contribution is 2.25. The van der Waals surface area contributed by atoms with Crippen molar-refractivity contribution < 1.29 is 23.1 Å². The van der Waals surface area contributed by atoms with E-state index in [1.807, 2.05) is 6.92 Å². The molecule has 8 nitrogen and oxygen atoms in total. The summed E-state index contributed by atoms with van der Waals surface area (Å²) in [6.07, 6.45) is 1.55. The lowest BCUT2D eigenvalue weighted by molar-refractivity contribution is 0.0730. The summed E-state index contributed by atoms with van der Waals surface area (Å²) >= 11 is 0. The Morgan fingerprint density at radius 1 is 1.23 bits per heavy atom. The average molecular weight is 377 g/mol. The fourth-order valence-electron chi connectivity index (χ4n) is 2.58. The lowest BCUT2D eigenvalue weighted by atomic mass is 10.2. The van der Waals surface area contributed by atoms with E-state index < -0.39 is 15.9 Å². The number of pyridine rings is 1. The highest BCUT2D eigenvalue weighted by Gasteiger charge is 2.27. The van der Waals surface area contributed by atoms with Crippen molar-refractivity contribution in [1.29, 1.82) is 0 Å². The summed E-state index contributed by atoms with van der Waals surface area (Å²) in [6, 6.07) is 7.10. The van der Waals surface area contributed by atoms with E-state index in [9.17, 15) is 18.3 Å². The lowest BCUT2D eigenvalue weighted by Crippen LogP contribution is -2.40. The molecule has 0 radical (unpaired) electrons. The third-order valence-corrected chi connectivity index (χ3v) is 5.87. The molecule has 0 atom stereocenters. The molecule has 0 spiro atoms. The number of nitrogens with one attached hydrogen (secondary N) is 1. The minimum atomic E-state index is -3.77. The largest absolute Gasteiger partial charge is 0.507 e. The summed E-state index contributed by atoms with van der Waals surface area (Å²) in [7, 11) is -3.77. The average Bonchev–Trinajstić information content (AvgIpc) is 2.62. The molecule has 1 aromatic carbocycles. The molecule has 2 N–H and O–H groups in total. The second-order valence-electron chi connectivity index (χ2n) is 5.87. The first-order valence-corrected chi connectivity index (χ1v) is 9.47. The predicted octanol–water partition coefficient (Wildman–Crippen LogP) is 1.37. The Balaban J connectivity index is 1.88. The third kappa shape index (κ3) is 3.85. The molecule has 1 aliphatic heterocycles. The third-order valence-electron chi connectivity index (χ3n) is 3.98. The van der Waals surface area contributed by atoms with Crippen LogP contribution in [0, 0.1) is 6.92 Å². The molecule has 1 saturated heterocycles. The maximum absolute atomic E-state index is 12.7. The Labute approximate surface area is 151 Å². The van der Waals surface area contributed by atoms with Crippen molar-refractivity contribution >= 4 is 21.7 Å². The molecule has 2 aromatic rings. The van der Waals surface area contributed by atoms with Crippen LogP contribution in [0.5, 0.6) is 5.75 Å². The number of carbonyl (C=O) groups is 1. The fraction of sp³-hybridized carbons (Fsp3) is 0.294. The van der Waals surface area contributed by atoms with E-state index in [1.165, 1.54) is 22.5 Å². The number of amides is 1. The molecular weight excluding hydrogens is 358 g/mol. The number of aromatic nitrogens is 1. The van der Waals surface area contributed by atoms with Gasteiger partial charge in [-0.15, -0.1) is 0 Å². The molecule has 0 aliphatic carbocycles. The van der Waals surface area contributed by atoms with Crippen LogP contribution < -0.4 is 5.32 Å². The highest BCUT2D eigenvalue weighted by atomic mass is 32.2. The molecule has 1 aliphatic rings. The van der Waals surface area contributed by atoms with Gasteiger partial charge >= 0.3 is 0 Å². The van der Waals surface area contributed by atoms with E-state index in [0.717, 1.165) is 5.56 Å². The second kappa shape index (κ2) is 7.40. The van der Waals surface area contributed by atoms with Gasteiger partial charge in [-0.25, -0.2) is 13.4 Å². The van der Waals surface area contributed by atoms with E-state index in [-0.39, 0.29) is 29.3 Å². The Bertz CT molecular complexity index is 924. The van der Waals surface area contributed by atoms with E-state index in [4.69, 9.17) is 4.74 Å². The summed E-state index contributed by atoms with van der Waals surface area (Å²) < 4.78 is 31.9. The molecule has 138 valence electrons. The molecule has 2 heterocycles. The van der Waals surface area contributed by atoms with Crippen LogP contribution in [0.25, 0.3) is 0 Å². The van der Waals surface area contributed by atoms with Gasteiger partial charge in [0, 0.05) is 19.3 Å². The second-order valence-corrected chi connectivity index (χ2v) is 7.81. The van der Waals surface area contributed by atoms with Crippen molar-refractivity contribution in [3.05, 3.63) is 47.7 Å². The number of anilines is 1. The van der Waals surface area contributed by atoms with E-state index in [0.29, 0.717) is 19.0 Å². The summed E-state index contributed by atoms with van der Waals surface area (Å²) in [5.74, 6) is -0.633. The zero-order chi connectivity index (χ0) is 18.7. The predicted molar refractivity (Wildman–Crippen MR) is 94.6 cm³/mol. The van der Waals surface area contributed by atoms with Crippen LogP contribution in [0.15, 0.2) is 41.4 Å². The number of ether oxygens (including phenoxy) is 1. The monoisotopic (exact) mass is 377 g/mol. The first-order valence-electron chi connectivity index (χ1n) is 8.03. The van der Waals surface area contributed by atoms with Crippen LogP contribution in [0.2, 0.25) is 0 Å². The van der Waals surface area contributed by atoms with Gasteiger partial charge in [0.1, 0.15) is 11.6 Å². The number of carbonyl (C=O) groups excluding carboxylic acids is 1. The Morgan fingerprint density at radius 2 is 1.96 bits per heavy atom. The molecule has 0 bridgehead atoms.